The molecule has 7 nitrogen and oxygen atoms in total. The van der Waals surface area contributed by atoms with E-state index in [1.54, 1.807) is 7.11 Å². The zero-order chi connectivity index (χ0) is 18.1. The number of nitrogens with one attached hydrogen (secondary N) is 2. The van der Waals surface area contributed by atoms with Gasteiger partial charge in [0.25, 0.3) is 0 Å². The summed E-state index contributed by atoms with van der Waals surface area (Å²) < 4.78 is 5.10. The molecule has 1 atom stereocenters. The van der Waals surface area contributed by atoms with Crippen LogP contribution >= 0.6 is 24.0 Å². The number of ether oxygens (including phenoxy) is 1. The topological polar surface area (TPSA) is 92.0 Å². The summed E-state index contributed by atoms with van der Waals surface area (Å²) in [7, 11) is 1.62. The van der Waals surface area contributed by atoms with Gasteiger partial charge in [0.05, 0.1) is 7.11 Å². The van der Waals surface area contributed by atoms with Crippen LogP contribution in [0.25, 0.3) is 0 Å². The molecule has 0 spiro atoms. The third-order valence-corrected chi connectivity index (χ3v) is 4.47. The van der Waals surface area contributed by atoms with Crippen LogP contribution in [-0.4, -0.2) is 56.1 Å². The van der Waals surface area contributed by atoms with Crippen molar-refractivity contribution in [1.29, 1.82) is 0 Å². The Morgan fingerprint density at radius 1 is 1.35 bits per heavy atom. The van der Waals surface area contributed by atoms with E-state index in [4.69, 9.17) is 10.5 Å². The van der Waals surface area contributed by atoms with Crippen molar-refractivity contribution in [2.24, 2.45) is 10.7 Å². The maximum atomic E-state index is 11.9. The Labute approximate surface area is 172 Å². The number of rotatable bonds is 8. The molecule has 1 aromatic rings. The molecule has 1 amide bonds. The van der Waals surface area contributed by atoms with Gasteiger partial charge in [-0.1, -0.05) is 19.1 Å². The molecule has 1 aliphatic rings. The van der Waals surface area contributed by atoms with Gasteiger partial charge in [-0.25, -0.2) is 4.99 Å². The predicted octanol–water partition coefficient (Wildman–Crippen LogP) is 1.32. The Hall–Kier alpha value is -1.55. The molecule has 26 heavy (non-hydrogen) atoms. The first kappa shape index (κ1) is 22.5. The summed E-state index contributed by atoms with van der Waals surface area (Å²) in [5.41, 5.74) is 6.86. The molecule has 1 aliphatic heterocycles. The van der Waals surface area contributed by atoms with Gasteiger partial charge < -0.3 is 21.1 Å². The molecular weight excluding hydrogens is 445 g/mol. The number of amides is 1. The maximum absolute atomic E-state index is 11.9. The number of carbonyl (C=O) groups is 1. The van der Waals surface area contributed by atoms with Crippen LogP contribution in [0, 0.1) is 0 Å². The van der Waals surface area contributed by atoms with Crippen LogP contribution in [0.1, 0.15) is 25.3 Å². The highest BCUT2D eigenvalue weighted by molar-refractivity contribution is 14.0. The van der Waals surface area contributed by atoms with Crippen LogP contribution in [0.5, 0.6) is 5.75 Å². The standard InChI is InChI=1S/C18H29N5O2.HI/c1-3-23-10-4-5-15(23)12-21-18(19)22-13-17(24)20-11-14-6-8-16(25-2)9-7-14;/h6-9,15H,3-5,10-13H2,1-2H3,(H,20,24)(H3,19,21,22);1H. The molecule has 0 bridgehead atoms. The fourth-order valence-corrected chi connectivity index (χ4v) is 2.98. The number of guanidine groups is 1. The number of likely N-dealkylation sites (tertiary alicyclic amines) is 1. The third-order valence-electron chi connectivity index (χ3n) is 4.47. The fraction of sp³-hybridized carbons (Fsp3) is 0.556. The second kappa shape index (κ2) is 11.9. The first-order valence-corrected chi connectivity index (χ1v) is 8.79. The number of carbonyl (C=O) groups excluding carboxylic acids is 1. The Bertz CT molecular complexity index is 579. The number of nitrogens with zero attached hydrogens (tertiary/aromatic N) is 2. The second-order valence-corrected chi connectivity index (χ2v) is 6.13. The van der Waals surface area contributed by atoms with Crippen LogP contribution in [0.4, 0.5) is 0 Å². The first-order valence-electron chi connectivity index (χ1n) is 8.79. The molecular formula is C18H30IN5O2. The van der Waals surface area contributed by atoms with Crippen molar-refractivity contribution in [1.82, 2.24) is 15.5 Å². The zero-order valence-corrected chi connectivity index (χ0v) is 17.9. The van der Waals surface area contributed by atoms with Crippen LogP contribution in [0.15, 0.2) is 29.3 Å². The van der Waals surface area contributed by atoms with Crippen molar-refractivity contribution in [3.8, 4) is 5.75 Å². The van der Waals surface area contributed by atoms with Crippen molar-refractivity contribution in [3.63, 3.8) is 0 Å². The first-order chi connectivity index (χ1) is 12.1. The van der Waals surface area contributed by atoms with Crippen LogP contribution in [0.3, 0.4) is 0 Å². The lowest BCUT2D eigenvalue weighted by Gasteiger charge is -2.23. The molecule has 0 radical (unpaired) electrons. The van der Waals surface area contributed by atoms with Gasteiger partial charge in [0.15, 0.2) is 5.96 Å². The largest absolute Gasteiger partial charge is 0.497 e. The van der Waals surface area contributed by atoms with Gasteiger partial charge in [-0.05, 0) is 43.6 Å². The average Bonchev–Trinajstić information content (AvgIpc) is 3.11. The van der Waals surface area contributed by atoms with Crippen molar-refractivity contribution in [2.75, 3.05) is 33.3 Å². The van der Waals surface area contributed by atoms with E-state index in [0.717, 1.165) is 30.9 Å². The van der Waals surface area contributed by atoms with Gasteiger partial charge >= 0.3 is 0 Å². The number of likely N-dealkylation sites (N-methyl/N-ethyl adjacent to an activating group) is 1. The maximum Gasteiger partial charge on any atom is 0.242 e. The van der Waals surface area contributed by atoms with E-state index in [2.05, 4.69) is 27.4 Å². The van der Waals surface area contributed by atoms with E-state index in [-0.39, 0.29) is 36.4 Å². The molecule has 0 aliphatic carbocycles. The van der Waals surface area contributed by atoms with Gasteiger partial charge in [-0.15, -0.1) is 24.0 Å². The minimum atomic E-state index is -0.156. The highest BCUT2D eigenvalue weighted by atomic mass is 127. The van der Waals surface area contributed by atoms with E-state index in [9.17, 15) is 4.79 Å². The van der Waals surface area contributed by atoms with Gasteiger partial charge in [0.1, 0.15) is 12.3 Å². The van der Waals surface area contributed by atoms with Crippen LogP contribution < -0.4 is 21.1 Å². The summed E-state index contributed by atoms with van der Waals surface area (Å²) in [6.45, 7) is 5.63. The van der Waals surface area contributed by atoms with Crippen molar-refractivity contribution in [2.45, 2.75) is 32.4 Å². The lowest BCUT2D eigenvalue weighted by atomic mass is 10.2. The lowest BCUT2D eigenvalue weighted by Crippen LogP contribution is -2.43. The molecule has 4 N–H and O–H groups in total. The summed E-state index contributed by atoms with van der Waals surface area (Å²) in [4.78, 5) is 18.4. The number of aliphatic imine (C=N–C) groups is 1. The SMILES string of the molecule is CCN1CCCC1CNC(N)=NCC(=O)NCc1ccc(OC)cc1.I. The minimum absolute atomic E-state index is 0. The third kappa shape index (κ3) is 7.36. The van der Waals surface area contributed by atoms with E-state index >= 15 is 0 Å². The number of halogens is 1. The zero-order valence-electron chi connectivity index (χ0n) is 15.5. The summed E-state index contributed by atoms with van der Waals surface area (Å²) in [6.07, 6.45) is 2.40. The highest BCUT2D eigenvalue weighted by Gasteiger charge is 2.22. The highest BCUT2D eigenvalue weighted by Crippen LogP contribution is 2.15. The minimum Gasteiger partial charge on any atom is -0.497 e. The van der Waals surface area contributed by atoms with Crippen LogP contribution in [0.2, 0.25) is 0 Å². The van der Waals surface area contributed by atoms with Crippen LogP contribution in [-0.2, 0) is 11.3 Å². The van der Waals surface area contributed by atoms with Gasteiger partial charge in [-0.3, -0.25) is 9.69 Å². The van der Waals surface area contributed by atoms with Crippen molar-refractivity contribution < 1.29 is 9.53 Å². The van der Waals surface area contributed by atoms with E-state index in [0.29, 0.717) is 18.5 Å². The molecule has 0 saturated carbocycles. The van der Waals surface area contributed by atoms with Crippen molar-refractivity contribution >= 4 is 35.8 Å². The Balaban J connectivity index is 0.00000338. The number of nitrogens with two attached hydrogens (primary N) is 1. The quantitative estimate of drug-likeness (QED) is 0.300. The number of hydrogen-bond acceptors (Lipinski definition) is 4. The fourth-order valence-electron chi connectivity index (χ4n) is 2.98. The van der Waals surface area contributed by atoms with Gasteiger partial charge in [0, 0.05) is 19.1 Å². The summed E-state index contributed by atoms with van der Waals surface area (Å²) >= 11 is 0. The molecule has 146 valence electrons. The molecule has 8 heteroatoms. The number of methoxy groups -OCH3 is 1. The normalized spacial score (nSPS) is 17.5. The van der Waals surface area contributed by atoms with E-state index < -0.39 is 0 Å². The summed E-state index contributed by atoms with van der Waals surface area (Å²) in [6, 6.07) is 8.07. The summed E-state index contributed by atoms with van der Waals surface area (Å²) in [5.74, 6) is 0.960. The monoisotopic (exact) mass is 475 g/mol. The molecule has 0 aromatic heterocycles. The molecule has 1 fully saturated rings. The molecule has 1 unspecified atom stereocenters. The van der Waals surface area contributed by atoms with Gasteiger partial charge in [-0.2, -0.15) is 0 Å². The van der Waals surface area contributed by atoms with E-state index in [1.165, 1.54) is 12.8 Å². The Kier molecular flexibility index (Phi) is 10.3. The smallest absolute Gasteiger partial charge is 0.242 e. The number of hydrogen-bond donors (Lipinski definition) is 3. The summed E-state index contributed by atoms with van der Waals surface area (Å²) in [5, 5.41) is 5.95. The second-order valence-electron chi connectivity index (χ2n) is 6.13. The molecule has 1 heterocycles. The predicted molar refractivity (Wildman–Crippen MR) is 115 cm³/mol. The van der Waals surface area contributed by atoms with Crippen molar-refractivity contribution in [3.05, 3.63) is 29.8 Å². The molecule has 2 rings (SSSR count). The average molecular weight is 475 g/mol. The Morgan fingerprint density at radius 3 is 2.73 bits per heavy atom. The Morgan fingerprint density at radius 2 is 2.08 bits per heavy atom. The number of benzene rings is 1. The molecule has 1 saturated heterocycles. The lowest BCUT2D eigenvalue weighted by molar-refractivity contribution is -0.119. The molecule has 1 aromatic carbocycles. The van der Waals surface area contributed by atoms with Gasteiger partial charge in [0.2, 0.25) is 5.91 Å². The van der Waals surface area contributed by atoms with E-state index in [1.807, 2.05) is 24.3 Å².